The van der Waals surface area contributed by atoms with Crippen molar-refractivity contribution in [1.29, 1.82) is 0 Å². The topological polar surface area (TPSA) is 71.0 Å². The van der Waals surface area contributed by atoms with Gasteiger partial charge in [-0.25, -0.2) is 4.39 Å². The molecule has 1 aromatic carbocycles. The van der Waals surface area contributed by atoms with Gasteiger partial charge >= 0.3 is 0 Å². The number of likely N-dealkylation sites (N-methyl/N-ethyl adjacent to an activating group) is 1. The average molecular weight is 386 g/mol. The number of amides is 1. The van der Waals surface area contributed by atoms with Gasteiger partial charge in [0.05, 0.1) is 5.02 Å². The van der Waals surface area contributed by atoms with Gasteiger partial charge in [0.15, 0.2) is 11.5 Å². The molecule has 0 radical (unpaired) electrons. The van der Waals surface area contributed by atoms with E-state index in [-0.39, 0.29) is 10.7 Å². The molecule has 6 nitrogen and oxygen atoms in total. The van der Waals surface area contributed by atoms with Crippen molar-refractivity contribution in [3.05, 3.63) is 77.0 Å². The molecular formula is C19H17ClFN5O. The molecule has 0 spiro atoms. The third-order valence-corrected chi connectivity index (χ3v) is 4.23. The van der Waals surface area contributed by atoms with E-state index in [1.807, 2.05) is 24.1 Å². The Morgan fingerprint density at radius 3 is 2.59 bits per heavy atom. The number of pyridine rings is 1. The molecule has 0 fully saturated rings. The van der Waals surface area contributed by atoms with Crippen molar-refractivity contribution < 1.29 is 9.18 Å². The minimum Gasteiger partial charge on any atom is -0.358 e. The van der Waals surface area contributed by atoms with Crippen LogP contribution in [-0.2, 0) is 6.42 Å². The van der Waals surface area contributed by atoms with Gasteiger partial charge in [-0.2, -0.15) is 0 Å². The summed E-state index contributed by atoms with van der Waals surface area (Å²) in [7, 11) is 1.91. The quantitative estimate of drug-likeness (QED) is 0.702. The maximum absolute atomic E-state index is 13.2. The summed E-state index contributed by atoms with van der Waals surface area (Å²) in [5.41, 5.74) is 1.72. The minimum atomic E-state index is -0.548. The molecule has 0 saturated carbocycles. The van der Waals surface area contributed by atoms with Gasteiger partial charge in [-0.3, -0.25) is 9.78 Å². The fourth-order valence-corrected chi connectivity index (χ4v) is 2.56. The summed E-state index contributed by atoms with van der Waals surface area (Å²) < 4.78 is 13.2. The van der Waals surface area contributed by atoms with E-state index in [1.54, 1.807) is 24.5 Å². The fraction of sp³-hybridized carbons (Fsp3) is 0.158. The average Bonchev–Trinajstić information content (AvgIpc) is 2.70. The van der Waals surface area contributed by atoms with Gasteiger partial charge in [0, 0.05) is 31.7 Å². The highest BCUT2D eigenvalue weighted by Crippen LogP contribution is 2.20. The van der Waals surface area contributed by atoms with E-state index >= 15 is 0 Å². The summed E-state index contributed by atoms with van der Waals surface area (Å²) in [6.45, 7) is 0.748. The first-order valence-electron chi connectivity index (χ1n) is 8.23. The lowest BCUT2D eigenvalue weighted by molar-refractivity contribution is 0.102. The first-order chi connectivity index (χ1) is 13.0. The maximum atomic E-state index is 13.2. The summed E-state index contributed by atoms with van der Waals surface area (Å²) in [6.07, 6.45) is 4.36. The molecule has 2 heterocycles. The summed E-state index contributed by atoms with van der Waals surface area (Å²) in [4.78, 5) is 18.2. The van der Waals surface area contributed by atoms with Gasteiger partial charge in [-0.15, -0.1) is 10.2 Å². The Morgan fingerprint density at radius 2 is 1.93 bits per heavy atom. The van der Waals surface area contributed by atoms with Crippen molar-refractivity contribution in [1.82, 2.24) is 15.2 Å². The number of aromatic nitrogens is 3. The molecule has 27 heavy (non-hydrogen) atoms. The van der Waals surface area contributed by atoms with Crippen LogP contribution in [0.2, 0.25) is 5.02 Å². The van der Waals surface area contributed by atoms with Crippen molar-refractivity contribution >= 4 is 29.0 Å². The molecule has 0 aliphatic heterocycles. The zero-order valence-electron chi connectivity index (χ0n) is 14.6. The predicted octanol–water partition coefficient (Wildman–Crippen LogP) is 3.60. The van der Waals surface area contributed by atoms with Crippen molar-refractivity contribution in [2.75, 3.05) is 23.8 Å². The van der Waals surface area contributed by atoms with Gasteiger partial charge in [-0.1, -0.05) is 11.6 Å². The van der Waals surface area contributed by atoms with Crippen LogP contribution in [0.1, 0.15) is 16.1 Å². The molecule has 8 heteroatoms. The molecule has 0 bridgehead atoms. The van der Waals surface area contributed by atoms with E-state index in [0.717, 1.165) is 13.0 Å². The van der Waals surface area contributed by atoms with Crippen molar-refractivity contribution in [3.8, 4) is 0 Å². The number of carbonyl (C=O) groups excluding carboxylic acids is 1. The number of anilines is 2. The molecule has 1 N–H and O–H groups in total. The van der Waals surface area contributed by atoms with E-state index in [0.29, 0.717) is 11.5 Å². The first-order valence-corrected chi connectivity index (χ1v) is 8.61. The molecule has 0 unspecified atom stereocenters. The van der Waals surface area contributed by atoms with Crippen LogP contribution in [0.4, 0.5) is 15.9 Å². The normalized spacial score (nSPS) is 10.5. The Hall–Kier alpha value is -3.06. The number of rotatable bonds is 6. The number of hydrogen-bond acceptors (Lipinski definition) is 5. The lowest BCUT2D eigenvalue weighted by atomic mass is 10.2. The standard InChI is InChI=1S/C19H17ClFN5O/c1-26(11-8-13-6-9-22-10-7-13)18-5-4-17(24-25-18)19(27)23-14-2-3-16(21)15(20)12-14/h2-7,9-10,12H,8,11H2,1H3,(H,23,27). The molecule has 2 aromatic heterocycles. The number of halogens is 2. The monoisotopic (exact) mass is 385 g/mol. The highest BCUT2D eigenvalue weighted by molar-refractivity contribution is 6.31. The Kier molecular flexibility index (Phi) is 5.93. The molecule has 0 saturated heterocycles. The predicted molar refractivity (Wildman–Crippen MR) is 103 cm³/mol. The van der Waals surface area contributed by atoms with Crippen LogP contribution in [-0.4, -0.2) is 34.7 Å². The van der Waals surface area contributed by atoms with Gasteiger partial charge < -0.3 is 10.2 Å². The Bertz CT molecular complexity index is 921. The molecule has 3 rings (SSSR count). The third-order valence-electron chi connectivity index (χ3n) is 3.94. The summed E-state index contributed by atoms with van der Waals surface area (Å²) in [6, 6.07) is 11.2. The van der Waals surface area contributed by atoms with Crippen molar-refractivity contribution in [2.45, 2.75) is 6.42 Å². The largest absolute Gasteiger partial charge is 0.358 e. The lowest BCUT2D eigenvalue weighted by Gasteiger charge is -2.17. The second-order valence-corrected chi connectivity index (χ2v) is 6.29. The molecule has 138 valence electrons. The van der Waals surface area contributed by atoms with Crippen LogP contribution in [0.5, 0.6) is 0 Å². The Balaban J connectivity index is 1.60. The van der Waals surface area contributed by atoms with Crippen LogP contribution in [0.3, 0.4) is 0 Å². The summed E-state index contributed by atoms with van der Waals surface area (Å²) in [5, 5.41) is 10.6. The van der Waals surface area contributed by atoms with Crippen LogP contribution < -0.4 is 10.2 Å². The zero-order valence-corrected chi connectivity index (χ0v) is 15.3. The number of nitrogens with one attached hydrogen (secondary N) is 1. The third kappa shape index (κ3) is 4.98. The number of nitrogens with zero attached hydrogens (tertiary/aromatic N) is 4. The van der Waals surface area contributed by atoms with E-state index in [1.165, 1.54) is 23.8 Å². The minimum absolute atomic E-state index is 0.0648. The smallest absolute Gasteiger partial charge is 0.276 e. The van der Waals surface area contributed by atoms with E-state index in [2.05, 4.69) is 20.5 Å². The van der Waals surface area contributed by atoms with Crippen molar-refractivity contribution in [2.24, 2.45) is 0 Å². The molecule has 0 aliphatic carbocycles. The highest BCUT2D eigenvalue weighted by atomic mass is 35.5. The second kappa shape index (κ2) is 8.55. The van der Waals surface area contributed by atoms with E-state index in [4.69, 9.17) is 11.6 Å². The van der Waals surface area contributed by atoms with Crippen LogP contribution in [0, 0.1) is 5.82 Å². The van der Waals surface area contributed by atoms with Gasteiger partial charge in [0.2, 0.25) is 0 Å². The summed E-state index contributed by atoms with van der Waals surface area (Å²) >= 11 is 5.71. The molecule has 3 aromatic rings. The van der Waals surface area contributed by atoms with Crippen molar-refractivity contribution in [3.63, 3.8) is 0 Å². The van der Waals surface area contributed by atoms with Gasteiger partial charge in [-0.05, 0) is 54.4 Å². The Labute approximate surface area is 161 Å². The highest BCUT2D eigenvalue weighted by Gasteiger charge is 2.11. The first kappa shape index (κ1) is 18.7. The number of carbonyl (C=O) groups is 1. The second-order valence-electron chi connectivity index (χ2n) is 5.89. The number of hydrogen-bond donors (Lipinski definition) is 1. The van der Waals surface area contributed by atoms with Gasteiger partial charge in [0.25, 0.3) is 5.91 Å². The lowest BCUT2D eigenvalue weighted by Crippen LogP contribution is -2.22. The van der Waals surface area contributed by atoms with Gasteiger partial charge in [0.1, 0.15) is 5.82 Å². The van der Waals surface area contributed by atoms with Crippen LogP contribution >= 0.6 is 11.6 Å². The molecular weight excluding hydrogens is 369 g/mol. The fourth-order valence-electron chi connectivity index (χ4n) is 2.38. The molecule has 0 atom stereocenters. The van der Waals surface area contributed by atoms with E-state index < -0.39 is 11.7 Å². The Morgan fingerprint density at radius 1 is 1.15 bits per heavy atom. The molecule has 0 aliphatic rings. The SMILES string of the molecule is CN(CCc1ccncc1)c1ccc(C(=O)Nc2ccc(F)c(Cl)c2)nn1. The zero-order chi connectivity index (χ0) is 19.2. The molecule has 1 amide bonds. The van der Waals surface area contributed by atoms with Crippen LogP contribution in [0.25, 0.3) is 0 Å². The van der Waals surface area contributed by atoms with E-state index in [9.17, 15) is 9.18 Å². The van der Waals surface area contributed by atoms with Crippen LogP contribution in [0.15, 0.2) is 54.9 Å². The maximum Gasteiger partial charge on any atom is 0.276 e. The summed E-state index contributed by atoms with van der Waals surface area (Å²) in [5.74, 6) is -0.338. The number of benzene rings is 1.